The normalized spacial score (nSPS) is 11.4. The number of benzene rings is 1. The van der Waals surface area contributed by atoms with Crippen LogP contribution >= 0.6 is 11.6 Å². The Labute approximate surface area is 142 Å². The molecule has 122 valence electrons. The summed E-state index contributed by atoms with van der Waals surface area (Å²) in [6, 6.07) is 9.70. The predicted octanol–water partition coefficient (Wildman–Crippen LogP) is 3.39. The van der Waals surface area contributed by atoms with Crippen molar-refractivity contribution in [3.8, 4) is 11.3 Å². The second-order valence-electron chi connectivity index (χ2n) is 4.87. The van der Waals surface area contributed by atoms with Crippen LogP contribution in [0.15, 0.2) is 59.8 Å². The number of carbonyl (C=O) groups is 1. The Hall–Kier alpha value is -2.51. The molecule has 0 saturated carbocycles. The lowest BCUT2D eigenvalue weighted by Gasteiger charge is -2.11. The Morgan fingerprint density at radius 3 is 2.50 bits per heavy atom. The molecule has 0 aliphatic rings. The molecule has 24 heavy (non-hydrogen) atoms. The van der Waals surface area contributed by atoms with Gasteiger partial charge >= 0.3 is 0 Å². The first-order valence-electron chi connectivity index (χ1n) is 6.73. The molecule has 2 aromatic heterocycles. The third-order valence-corrected chi connectivity index (χ3v) is 5.29. The van der Waals surface area contributed by atoms with Crippen LogP contribution in [0, 0.1) is 5.95 Å². The van der Waals surface area contributed by atoms with Crippen molar-refractivity contribution in [1.29, 1.82) is 0 Å². The molecule has 5 nitrogen and oxygen atoms in total. The third-order valence-electron chi connectivity index (χ3n) is 3.35. The minimum atomic E-state index is -4.04. The zero-order chi connectivity index (χ0) is 17.3. The summed E-state index contributed by atoms with van der Waals surface area (Å²) in [5.74, 6) is -0.833. The van der Waals surface area contributed by atoms with Gasteiger partial charge in [0, 0.05) is 23.0 Å². The van der Waals surface area contributed by atoms with Gasteiger partial charge in [-0.3, -0.25) is 4.79 Å². The number of hydrogen-bond donors (Lipinski definition) is 0. The quantitative estimate of drug-likeness (QED) is 0.525. The molecule has 0 bridgehead atoms. The number of halogens is 2. The van der Waals surface area contributed by atoms with E-state index >= 15 is 0 Å². The van der Waals surface area contributed by atoms with Gasteiger partial charge in [-0.1, -0.05) is 11.6 Å². The van der Waals surface area contributed by atoms with Gasteiger partial charge in [-0.2, -0.15) is 4.39 Å². The van der Waals surface area contributed by atoms with Crippen molar-refractivity contribution in [2.45, 2.75) is 4.90 Å². The molecule has 0 unspecified atom stereocenters. The van der Waals surface area contributed by atoms with E-state index in [0.717, 1.165) is 10.2 Å². The fraction of sp³-hybridized carbons (Fsp3) is 0. The van der Waals surface area contributed by atoms with E-state index in [2.05, 4.69) is 4.98 Å². The molecule has 1 aromatic carbocycles. The average Bonchev–Trinajstić information content (AvgIpc) is 3.01. The second kappa shape index (κ2) is 6.18. The molecule has 0 spiro atoms. The van der Waals surface area contributed by atoms with Gasteiger partial charge in [-0.05, 0) is 42.5 Å². The molecule has 8 heteroatoms. The minimum absolute atomic E-state index is 0.0117. The summed E-state index contributed by atoms with van der Waals surface area (Å²) in [5, 5.41) is 0.383. The van der Waals surface area contributed by atoms with Crippen LogP contribution in [0.5, 0.6) is 0 Å². The molecule has 0 radical (unpaired) electrons. The maximum Gasteiger partial charge on any atom is 0.268 e. The fourth-order valence-electron chi connectivity index (χ4n) is 2.22. The molecular weight excluding hydrogens is 355 g/mol. The van der Waals surface area contributed by atoms with E-state index in [4.69, 9.17) is 11.6 Å². The SMILES string of the molecule is O=Cc1cc(-c2cccnc2F)n(S(=O)(=O)c2ccc(Cl)cc2)c1. The van der Waals surface area contributed by atoms with Crippen LogP contribution in [0.25, 0.3) is 11.3 Å². The predicted molar refractivity (Wildman–Crippen MR) is 87.0 cm³/mol. The van der Waals surface area contributed by atoms with E-state index in [1.807, 2.05) is 0 Å². The number of pyridine rings is 1. The highest BCUT2D eigenvalue weighted by atomic mass is 35.5. The molecule has 0 aliphatic carbocycles. The first-order chi connectivity index (χ1) is 11.4. The van der Waals surface area contributed by atoms with E-state index < -0.39 is 16.0 Å². The number of aromatic nitrogens is 2. The van der Waals surface area contributed by atoms with Crippen molar-refractivity contribution in [2.75, 3.05) is 0 Å². The molecular formula is C16H10ClFN2O3S. The summed E-state index contributed by atoms with van der Waals surface area (Å²) in [5.41, 5.74) is 0.0894. The molecule has 2 heterocycles. The Morgan fingerprint density at radius 1 is 1.17 bits per heavy atom. The van der Waals surface area contributed by atoms with Crippen molar-refractivity contribution in [3.63, 3.8) is 0 Å². The Kier molecular flexibility index (Phi) is 4.21. The summed E-state index contributed by atoms with van der Waals surface area (Å²) in [6.45, 7) is 0. The Morgan fingerprint density at radius 2 is 1.88 bits per heavy atom. The summed E-state index contributed by atoms with van der Waals surface area (Å²) in [4.78, 5) is 14.5. The first-order valence-corrected chi connectivity index (χ1v) is 8.55. The summed E-state index contributed by atoms with van der Waals surface area (Å²) in [7, 11) is -4.04. The molecule has 3 rings (SSSR count). The van der Waals surface area contributed by atoms with E-state index in [1.165, 1.54) is 48.7 Å². The van der Waals surface area contributed by atoms with Crippen molar-refractivity contribution < 1.29 is 17.6 Å². The minimum Gasteiger partial charge on any atom is -0.298 e. The largest absolute Gasteiger partial charge is 0.298 e. The van der Waals surface area contributed by atoms with Crippen molar-refractivity contribution in [2.24, 2.45) is 0 Å². The maximum absolute atomic E-state index is 14.0. The van der Waals surface area contributed by atoms with Crippen LogP contribution in [0.4, 0.5) is 4.39 Å². The van der Waals surface area contributed by atoms with Crippen LogP contribution in [0.1, 0.15) is 10.4 Å². The summed E-state index contributed by atoms with van der Waals surface area (Å²) < 4.78 is 40.5. The van der Waals surface area contributed by atoms with Gasteiger partial charge in [0.05, 0.1) is 16.2 Å². The van der Waals surface area contributed by atoms with Gasteiger partial charge in [0.15, 0.2) is 6.29 Å². The van der Waals surface area contributed by atoms with Crippen LogP contribution in [0.2, 0.25) is 5.02 Å². The Bertz CT molecular complexity index is 1010. The van der Waals surface area contributed by atoms with Crippen LogP contribution in [0.3, 0.4) is 0 Å². The molecule has 0 saturated heterocycles. The van der Waals surface area contributed by atoms with Crippen molar-refractivity contribution in [1.82, 2.24) is 8.96 Å². The zero-order valence-electron chi connectivity index (χ0n) is 12.1. The number of nitrogens with zero attached hydrogens (tertiary/aromatic N) is 2. The highest BCUT2D eigenvalue weighted by molar-refractivity contribution is 7.90. The number of carbonyl (C=O) groups excluding carboxylic acids is 1. The van der Waals surface area contributed by atoms with Crippen LogP contribution in [-0.2, 0) is 10.0 Å². The average molecular weight is 365 g/mol. The van der Waals surface area contributed by atoms with E-state index in [0.29, 0.717) is 11.3 Å². The molecule has 0 atom stereocenters. The highest BCUT2D eigenvalue weighted by Gasteiger charge is 2.23. The monoisotopic (exact) mass is 364 g/mol. The number of hydrogen-bond acceptors (Lipinski definition) is 4. The van der Waals surface area contributed by atoms with Gasteiger partial charge < -0.3 is 0 Å². The molecule has 3 aromatic rings. The van der Waals surface area contributed by atoms with Crippen LogP contribution < -0.4 is 0 Å². The molecule has 0 N–H and O–H groups in total. The van der Waals surface area contributed by atoms with Crippen LogP contribution in [-0.4, -0.2) is 23.7 Å². The van der Waals surface area contributed by atoms with E-state index in [9.17, 15) is 17.6 Å². The van der Waals surface area contributed by atoms with Gasteiger partial charge in [0.1, 0.15) is 0 Å². The third kappa shape index (κ3) is 2.83. The topological polar surface area (TPSA) is 69.0 Å². The molecule has 0 fully saturated rings. The van der Waals surface area contributed by atoms with Gasteiger partial charge in [0.25, 0.3) is 10.0 Å². The van der Waals surface area contributed by atoms with E-state index in [-0.39, 0.29) is 21.7 Å². The molecule has 0 aliphatic heterocycles. The number of aldehydes is 1. The molecule has 0 amide bonds. The van der Waals surface area contributed by atoms with Crippen molar-refractivity contribution in [3.05, 3.63) is 71.4 Å². The second-order valence-corrected chi connectivity index (χ2v) is 7.12. The van der Waals surface area contributed by atoms with Gasteiger partial charge in [-0.15, -0.1) is 0 Å². The Balaban J connectivity index is 2.24. The lowest BCUT2D eigenvalue weighted by Crippen LogP contribution is -2.13. The summed E-state index contributed by atoms with van der Waals surface area (Å²) >= 11 is 5.78. The highest BCUT2D eigenvalue weighted by Crippen LogP contribution is 2.28. The zero-order valence-corrected chi connectivity index (χ0v) is 13.6. The first kappa shape index (κ1) is 16.4. The lowest BCUT2D eigenvalue weighted by atomic mass is 10.2. The van der Waals surface area contributed by atoms with Gasteiger partial charge in [0.2, 0.25) is 5.95 Å². The lowest BCUT2D eigenvalue weighted by molar-refractivity contribution is 0.112. The number of rotatable bonds is 4. The van der Waals surface area contributed by atoms with Crippen molar-refractivity contribution >= 4 is 27.9 Å². The fourth-order valence-corrected chi connectivity index (χ4v) is 3.72. The maximum atomic E-state index is 14.0. The summed E-state index contributed by atoms with van der Waals surface area (Å²) in [6.07, 6.45) is 2.88. The van der Waals surface area contributed by atoms with Gasteiger partial charge in [-0.25, -0.2) is 17.4 Å². The smallest absolute Gasteiger partial charge is 0.268 e. The standard InChI is InChI=1S/C16H10ClFN2O3S/c17-12-3-5-13(6-4-12)24(22,23)20-9-11(10-21)8-15(20)14-2-1-7-19-16(14)18/h1-10H. The van der Waals surface area contributed by atoms with E-state index in [1.54, 1.807) is 0 Å².